The van der Waals surface area contributed by atoms with Crippen molar-refractivity contribution >= 4 is 35.0 Å². The predicted octanol–water partition coefficient (Wildman–Crippen LogP) is 6.32. The summed E-state index contributed by atoms with van der Waals surface area (Å²) >= 11 is 0. The Kier molecular flexibility index (Phi) is 7.91. The number of para-hydroxylation sites is 1. The summed E-state index contributed by atoms with van der Waals surface area (Å²) in [4.78, 5) is 11.3. The molecule has 2 aromatic carbocycles. The third kappa shape index (κ3) is 6.23. The van der Waals surface area contributed by atoms with Crippen LogP contribution in [0.1, 0.15) is 42.5 Å². The Bertz CT molecular complexity index is 1590. The van der Waals surface area contributed by atoms with Gasteiger partial charge in [0.2, 0.25) is 0 Å². The van der Waals surface area contributed by atoms with Crippen LogP contribution < -0.4 is 20.7 Å². The molecule has 208 valence electrons. The van der Waals surface area contributed by atoms with Gasteiger partial charge in [0.1, 0.15) is 11.6 Å². The normalized spacial score (nSPS) is 17.1. The average Bonchev–Trinajstić information content (AvgIpc) is 3.44. The molecule has 0 amide bonds. The Morgan fingerprint density at radius 1 is 0.976 bits per heavy atom. The van der Waals surface area contributed by atoms with Gasteiger partial charge in [-0.1, -0.05) is 36.4 Å². The molecule has 1 saturated carbocycles. The van der Waals surface area contributed by atoms with E-state index in [2.05, 4.69) is 63.7 Å². The van der Waals surface area contributed by atoms with Crippen LogP contribution in [0.25, 0.3) is 17.8 Å². The molecular formula is C33H35N7O. The number of hydrogen-bond donors (Lipinski definition) is 2. The molecule has 0 spiro atoms. The van der Waals surface area contributed by atoms with Crippen LogP contribution in [-0.2, 0) is 6.54 Å². The number of methoxy groups -OCH3 is 1. The maximum atomic E-state index is 6.19. The van der Waals surface area contributed by atoms with Crippen molar-refractivity contribution in [2.45, 2.75) is 44.3 Å². The lowest BCUT2D eigenvalue weighted by molar-refractivity contribution is 0.410. The molecule has 3 N–H and O–H groups in total. The topological polar surface area (TPSA) is 93.6 Å². The maximum Gasteiger partial charge on any atom is 0.178 e. The van der Waals surface area contributed by atoms with E-state index in [9.17, 15) is 0 Å². The number of nitrogens with one attached hydrogen (secondary N) is 1. The number of rotatable bonds is 9. The van der Waals surface area contributed by atoms with Crippen molar-refractivity contribution in [3.63, 3.8) is 0 Å². The molecular weight excluding hydrogens is 510 g/mol. The second-order valence-corrected chi connectivity index (χ2v) is 10.5. The highest BCUT2D eigenvalue weighted by Crippen LogP contribution is 2.34. The summed E-state index contributed by atoms with van der Waals surface area (Å²) in [6.45, 7) is 0.653. The molecule has 0 atom stereocenters. The fourth-order valence-corrected chi connectivity index (χ4v) is 5.32. The van der Waals surface area contributed by atoms with E-state index in [1.165, 1.54) is 0 Å². The molecule has 8 heteroatoms. The minimum absolute atomic E-state index is 0.288. The van der Waals surface area contributed by atoms with E-state index in [1.807, 2.05) is 47.1 Å². The first-order valence-electron chi connectivity index (χ1n) is 14.1. The lowest BCUT2D eigenvalue weighted by Gasteiger charge is -2.29. The Hall–Kier alpha value is -4.69. The number of benzene rings is 2. The lowest BCUT2D eigenvalue weighted by Crippen LogP contribution is -2.33. The Labute approximate surface area is 240 Å². The number of ether oxygens (including phenoxy) is 1. The molecule has 1 aliphatic rings. The molecule has 6 rings (SSSR count). The van der Waals surface area contributed by atoms with E-state index >= 15 is 0 Å². The number of hydrogen-bond acceptors (Lipinski definition) is 7. The summed E-state index contributed by atoms with van der Waals surface area (Å²) in [7, 11) is 1.69. The van der Waals surface area contributed by atoms with Crippen LogP contribution in [0, 0.1) is 0 Å². The van der Waals surface area contributed by atoms with Crippen LogP contribution in [-0.4, -0.2) is 38.8 Å². The lowest BCUT2D eigenvalue weighted by atomic mass is 9.92. The molecule has 1 aliphatic carbocycles. The van der Waals surface area contributed by atoms with Crippen LogP contribution in [0.5, 0.6) is 5.75 Å². The highest BCUT2D eigenvalue weighted by Gasteiger charge is 2.22. The quantitative estimate of drug-likeness (QED) is 0.224. The summed E-state index contributed by atoms with van der Waals surface area (Å²) in [5.74, 6) is 1.66. The zero-order valence-corrected chi connectivity index (χ0v) is 23.2. The number of imidazole rings is 1. The van der Waals surface area contributed by atoms with Crippen LogP contribution in [0.4, 0.5) is 17.2 Å². The van der Waals surface area contributed by atoms with Gasteiger partial charge >= 0.3 is 0 Å². The first kappa shape index (κ1) is 26.5. The number of pyridine rings is 1. The standard InChI is InChI=1S/C33H35N7O/c1-41-30-15-8-25(9-16-30)23-39(28-5-3-2-4-6-28)31-21-32(37-27-12-10-26(34)11-13-27)38-40-29(22-36-33(31)40)14-7-24-17-19-35-20-18-24/h2-9,14-22,26-27H,10-13,23,34H2,1H3,(H,37,38)/t26-,27-. The Balaban J connectivity index is 1.44. The van der Waals surface area contributed by atoms with E-state index < -0.39 is 0 Å². The minimum atomic E-state index is 0.288. The molecule has 0 aliphatic heterocycles. The zero-order valence-electron chi connectivity index (χ0n) is 23.2. The van der Waals surface area contributed by atoms with Crippen molar-refractivity contribution in [1.29, 1.82) is 0 Å². The van der Waals surface area contributed by atoms with Crippen molar-refractivity contribution in [2.75, 3.05) is 17.3 Å². The van der Waals surface area contributed by atoms with Gasteiger partial charge in [-0.05, 0) is 79.3 Å². The van der Waals surface area contributed by atoms with Crippen LogP contribution in [0.2, 0.25) is 0 Å². The van der Waals surface area contributed by atoms with Crippen molar-refractivity contribution in [3.8, 4) is 5.75 Å². The number of fused-ring (bicyclic) bond motifs is 1. The number of anilines is 3. The first-order chi connectivity index (χ1) is 20.2. The van der Waals surface area contributed by atoms with Gasteiger partial charge in [0.05, 0.1) is 24.7 Å². The number of aromatic nitrogens is 4. The van der Waals surface area contributed by atoms with Gasteiger partial charge in [-0.15, -0.1) is 5.10 Å². The molecule has 0 bridgehead atoms. The monoisotopic (exact) mass is 545 g/mol. The van der Waals surface area contributed by atoms with E-state index in [0.717, 1.165) is 71.1 Å². The van der Waals surface area contributed by atoms with E-state index in [0.29, 0.717) is 12.6 Å². The van der Waals surface area contributed by atoms with Crippen molar-refractivity contribution in [1.82, 2.24) is 19.6 Å². The third-order valence-electron chi connectivity index (χ3n) is 7.61. The number of nitrogens with two attached hydrogens (primary N) is 1. The van der Waals surface area contributed by atoms with Gasteiger partial charge in [-0.25, -0.2) is 9.50 Å². The molecule has 41 heavy (non-hydrogen) atoms. The van der Waals surface area contributed by atoms with Crippen molar-refractivity contribution < 1.29 is 4.74 Å². The molecule has 1 fully saturated rings. The van der Waals surface area contributed by atoms with Gasteiger partial charge in [0.15, 0.2) is 5.65 Å². The van der Waals surface area contributed by atoms with Crippen LogP contribution in [0.15, 0.2) is 91.4 Å². The van der Waals surface area contributed by atoms with Gasteiger partial charge in [-0.2, -0.15) is 0 Å². The highest BCUT2D eigenvalue weighted by atomic mass is 16.5. The van der Waals surface area contributed by atoms with Gasteiger partial charge in [0, 0.05) is 42.8 Å². The zero-order chi connectivity index (χ0) is 28.0. The summed E-state index contributed by atoms with van der Waals surface area (Å²) in [5.41, 5.74) is 12.1. The first-order valence-corrected chi connectivity index (χ1v) is 14.1. The van der Waals surface area contributed by atoms with Crippen molar-refractivity contribution in [2.24, 2.45) is 5.73 Å². The fraction of sp³-hybridized carbons (Fsp3) is 0.242. The van der Waals surface area contributed by atoms with Gasteiger partial charge in [0.25, 0.3) is 0 Å². The average molecular weight is 546 g/mol. The van der Waals surface area contributed by atoms with Crippen LogP contribution in [0.3, 0.4) is 0 Å². The number of nitrogens with zero attached hydrogens (tertiary/aromatic N) is 5. The summed E-state index contributed by atoms with van der Waals surface area (Å²) in [6.07, 6.45) is 13.7. The Morgan fingerprint density at radius 3 is 2.46 bits per heavy atom. The SMILES string of the molecule is COc1ccc(CN(c2ccccc2)c2cc(N[C@H]3CC[C@H](N)CC3)nn3c(C=Cc4ccncc4)cnc23)cc1. The second kappa shape index (κ2) is 12.2. The molecule has 8 nitrogen and oxygen atoms in total. The molecule has 0 radical (unpaired) electrons. The summed E-state index contributed by atoms with van der Waals surface area (Å²) in [6, 6.07) is 25.3. The molecule has 3 heterocycles. The molecule has 0 unspecified atom stereocenters. The molecule has 0 saturated heterocycles. The maximum absolute atomic E-state index is 6.19. The molecule has 3 aromatic heterocycles. The summed E-state index contributed by atoms with van der Waals surface area (Å²) < 4.78 is 7.33. The van der Waals surface area contributed by atoms with E-state index in [1.54, 1.807) is 19.5 Å². The fourth-order valence-electron chi connectivity index (χ4n) is 5.32. The molecule has 5 aromatic rings. The summed E-state index contributed by atoms with van der Waals surface area (Å²) in [5, 5.41) is 8.75. The predicted molar refractivity (Wildman–Crippen MR) is 165 cm³/mol. The van der Waals surface area contributed by atoms with Gasteiger partial charge in [-0.3, -0.25) is 4.98 Å². The smallest absolute Gasteiger partial charge is 0.178 e. The Morgan fingerprint density at radius 2 is 1.73 bits per heavy atom. The second-order valence-electron chi connectivity index (χ2n) is 10.5. The van der Waals surface area contributed by atoms with Gasteiger partial charge < -0.3 is 20.7 Å². The highest BCUT2D eigenvalue weighted by molar-refractivity contribution is 5.80. The van der Waals surface area contributed by atoms with Crippen LogP contribution >= 0.6 is 0 Å². The van der Waals surface area contributed by atoms with E-state index in [-0.39, 0.29) is 6.04 Å². The largest absolute Gasteiger partial charge is 0.497 e. The van der Waals surface area contributed by atoms with Crippen molar-refractivity contribution in [3.05, 3.63) is 108 Å². The minimum Gasteiger partial charge on any atom is -0.497 e. The van der Waals surface area contributed by atoms with E-state index in [4.69, 9.17) is 20.6 Å². The third-order valence-corrected chi connectivity index (χ3v) is 7.61.